The van der Waals surface area contributed by atoms with E-state index in [1.165, 1.54) is 14.0 Å². The second-order valence-corrected chi connectivity index (χ2v) is 7.24. The molecule has 0 aliphatic heterocycles. The topological polar surface area (TPSA) is 79.5 Å². The molecule has 0 aliphatic rings. The van der Waals surface area contributed by atoms with Crippen LogP contribution in [0, 0.1) is 0 Å². The van der Waals surface area contributed by atoms with Gasteiger partial charge in [0.05, 0.1) is 28.4 Å². The maximum absolute atomic E-state index is 12.5. The number of carbonyl (C=O) groups excluding carboxylic acids is 2. The van der Waals surface area contributed by atoms with Gasteiger partial charge < -0.3 is 20.7 Å². The normalized spacial score (nSPS) is 10.9. The molecule has 0 bridgehead atoms. The van der Waals surface area contributed by atoms with E-state index in [0.29, 0.717) is 27.2 Å². The van der Waals surface area contributed by atoms with Crippen molar-refractivity contribution in [2.24, 2.45) is 0 Å². The van der Waals surface area contributed by atoms with Crippen LogP contribution in [0.2, 0.25) is 10.0 Å². The molecule has 144 valence electrons. The van der Waals surface area contributed by atoms with Gasteiger partial charge in [0, 0.05) is 12.6 Å². The van der Waals surface area contributed by atoms with Crippen molar-refractivity contribution in [2.45, 2.75) is 26.3 Å². The van der Waals surface area contributed by atoms with Crippen molar-refractivity contribution in [3.63, 3.8) is 0 Å². The molecule has 0 saturated heterocycles. The quantitative estimate of drug-likeness (QED) is 0.648. The van der Waals surface area contributed by atoms with E-state index in [1.807, 2.05) is 13.8 Å². The van der Waals surface area contributed by atoms with Crippen molar-refractivity contribution >= 4 is 46.5 Å². The van der Waals surface area contributed by atoms with Crippen LogP contribution in [-0.4, -0.2) is 19.0 Å². The van der Waals surface area contributed by atoms with E-state index in [-0.39, 0.29) is 5.91 Å². The van der Waals surface area contributed by atoms with Crippen LogP contribution in [0.15, 0.2) is 36.4 Å². The number of anilines is 2. The van der Waals surface area contributed by atoms with E-state index in [9.17, 15) is 9.59 Å². The number of carbonyl (C=O) groups is 2. The molecule has 0 fully saturated rings. The monoisotopic (exact) mass is 409 g/mol. The van der Waals surface area contributed by atoms with Crippen LogP contribution in [0.1, 0.15) is 26.3 Å². The summed E-state index contributed by atoms with van der Waals surface area (Å²) < 4.78 is 5.26. The summed E-state index contributed by atoms with van der Waals surface area (Å²) in [4.78, 5) is 23.8. The average molecular weight is 410 g/mol. The number of benzene rings is 2. The Hall–Kier alpha value is -2.44. The number of halogens is 2. The summed E-state index contributed by atoms with van der Waals surface area (Å²) in [5.74, 6) is 0.253. The fourth-order valence-corrected chi connectivity index (χ4v) is 2.78. The molecule has 3 amide bonds. The molecule has 3 N–H and O–H groups in total. The minimum Gasteiger partial charge on any atom is -0.495 e. The molecule has 8 heteroatoms. The van der Waals surface area contributed by atoms with Crippen molar-refractivity contribution in [1.29, 1.82) is 0 Å². The van der Waals surface area contributed by atoms with Gasteiger partial charge in [-0.3, -0.25) is 4.79 Å². The maximum atomic E-state index is 12.5. The summed E-state index contributed by atoms with van der Waals surface area (Å²) in [5.41, 5.74) is 1.06. The van der Waals surface area contributed by atoms with Gasteiger partial charge in [0.1, 0.15) is 5.75 Å². The van der Waals surface area contributed by atoms with Gasteiger partial charge in [-0.25, -0.2) is 4.79 Å². The largest absolute Gasteiger partial charge is 0.495 e. The number of nitrogens with one attached hydrogen (secondary N) is 3. The SMILES string of the molecule is COc1ccc(NC(C)=O)cc1NC(=O)NC(C)(C)c1ccc(Cl)c(Cl)c1. The van der Waals surface area contributed by atoms with Crippen LogP contribution < -0.4 is 20.7 Å². The third kappa shape index (κ3) is 5.52. The molecule has 0 radical (unpaired) electrons. The molecule has 2 aromatic rings. The smallest absolute Gasteiger partial charge is 0.320 e. The van der Waals surface area contributed by atoms with Crippen LogP contribution in [-0.2, 0) is 10.3 Å². The molecule has 0 atom stereocenters. The zero-order valence-corrected chi connectivity index (χ0v) is 17.0. The summed E-state index contributed by atoms with van der Waals surface area (Å²) in [5, 5.41) is 9.14. The van der Waals surface area contributed by atoms with Gasteiger partial charge in [0.25, 0.3) is 0 Å². The summed E-state index contributed by atoms with van der Waals surface area (Å²) >= 11 is 12.0. The summed E-state index contributed by atoms with van der Waals surface area (Å²) in [6, 6.07) is 9.71. The Morgan fingerprint density at radius 3 is 2.30 bits per heavy atom. The number of hydrogen-bond acceptors (Lipinski definition) is 3. The minimum absolute atomic E-state index is 0.212. The number of urea groups is 1. The molecule has 0 spiro atoms. The first-order valence-electron chi connectivity index (χ1n) is 8.12. The van der Waals surface area contributed by atoms with Gasteiger partial charge in [-0.2, -0.15) is 0 Å². The van der Waals surface area contributed by atoms with Crippen molar-refractivity contribution in [2.75, 3.05) is 17.7 Å². The number of rotatable bonds is 5. The van der Waals surface area contributed by atoms with Gasteiger partial charge >= 0.3 is 6.03 Å². The van der Waals surface area contributed by atoms with Gasteiger partial charge in [-0.15, -0.1) is 0 Å². The molecule has 0 saturated carbocycles. The van der Waals surface area contributed by atoms with Crippen molar-refractivity contribution in [3.05, 3.63) is 52.0 Å². The first-order chi connectivity index (χ1) is 12.6. The zero-order valence-electron chi connectivity index (χ0n) is 15.4. The Labute approximate surface area is 168 Å². The molecule has 0 aliphatic carbocycles. The van der Waals surface area contributed by atoms with E-state index in [4.69, 9.17) is 27.9 Å². The first-order valence-corrected chi connectivity index (χ1v) is 8.88. The van der Waals surface area contributed by atoms with E-state index in [2.05, 4.69) is 16.0 Å². The van der Waals surface area contributed by atoms with Crippen LogP contribution >= 0.6 is 23.2 Å². The molecule has 0 aromatic heterocycles. The number of amides is 3. The molecule has 6 nitrogen and oxygen atoms in total. The van der Waals surface area contributed by atoms with Crippen LogP contribution in [0.5, 0.6) is 5.75 Å². The lowest BCUT2D eigenvalue weighted by Gasteiger charge is -2.27. The lowest BCUT2D eigenvalue weighted by atomic mass is 9.94. The van der Waals surface area contributed by atoms with Gasteiger partial charge in [-0.1, -0.05) is 29.3 Å². The van der Waals surface area contributed by atoms with Gasteiger partial charge in [0.2, 0.25) is 5.91 Å². The molecule has 27 heavy (non-hydrogen) atoms. The van der Waals surface area contributed by atoms with Gasteiger partial charge in [0.15, 0.2) is 0 Å². The fraction of sp³-hybridized carbons (Fsp3) is 0.263. The molecule has 2 aromatic carbocycles. The number of ether oxygens (including phenoxy) is 1. The molecule has 0 heterocycles. The predicted octanol–water partition coefficient (Wildman–Crippen LogP) is 5.02. The van der Waals surface area contributed by atoms with Crippen LogP contribution in [0.4, 0.5) is 16.2 Å². The van der Waals surface area contributed by atoms with Gasteiger partial charge in [-0.05, 0) is 49.7 Å². The van der Waals surface area contributed by atoms with Crippen LogP contribution in [0.25, 0.3) is 0 Å². The predicted molar refractivity (Wildman–Crippen MR) is 109 cm³/mol. The highest BCUT2D eigenvalue weighted by Gasteiger charge is 2.24. The highest BCUT2D eigenvalue weighted by molar-refractivity contribution is 6.42. The Balaban J connectivity index is 2.18. The Morgan fingerprint density at radius 2 is 1.70 bits per heavy atom. The molecular weight excluding hydrogens is 389 g/mol. The van der Waals surface area contributed by atoms with Crippen molar-refractivity contribution < 1.29 is 14.3 Å². The fourth-order valence-electron chi connectivity index (χ4n) is 2.48. The number of methoxy groups -OCH3 is 1. The van der Waals surface area contributed by atoms with E-state index in [0.717, 1.165) is 5.56 Å². The Bertz CT molecular complexity index is 869. The third-order valence-electron chi connectivity index (χ3n) is 3.84. The summed E-state index contributed by atoms with van der Waals surface area (Å²) in [6.07, 6.45) is 0. The third-order valence-corrected chi connectivity index (χ3v) is 4.57. The maximum Gasteiger partial charge on any atom is 0.320 e. The lowest BCUT2D eigenvalue weighted by Crippen LogP contribution is -2.43. The second kappa shape index (κ2) is 8.50. The Morgan fingerprint density at radius 1 is 1.00 bits per heavy atom. The highest BCUT2D eigenvalue weighted by Crippen LogP contribution is 2.30. The van der Waals surface area contributed by atoms with Crippen molar-refractivity contribution in [1.82, 2.24) is 5.32 Å². The Kier molecular flexibility index (Phi) is 6.57. The van der Waals surface area contributed by atoms with Crippen molar-refractivity contribution in [3.8, 4) is 5.75 Å². The molecule has 2 rings (SSSR count). The average Bonchev–Trinajstić information content (AvgIpc) is 2.56. The van der Waals surface area contributed by atoms with Crippen LogP contribution in [0.3, 0.4) is 0 Å². The highest BCUT2D eigenvalue weighted by atomic mass is 35.5. The minimum atomic E-state index is -0.708. The number of hydrogen-bond donors (Lipinski definition) is 3. The zero-order chi connectivity index (χ0) is 20.2. The summed E-state index contributed by atoms with van der Waals surface area (Å²) in [7, 11) is 1.50. The van der Waals surface area contributed by atoms with E-state index in [1.54, 1.807) is 36.4 Å². The lowest BCUT2D eigenvalue weighted by molar-refractivity contribution is -0.114. The summed E-state index contributed by atoms with van der Waals surface area (Å²) in [6.45, 7) is 5.10. The second-order valence-electron chi connectivity index (χ2n) is 6.43. The standard InChI is InChI=1S/C19H21Cl2N3O3/c1-11(25)22-13-6-8-17(27-4)16(10-13)23-18(26)24-19(2,3)12-5-7-14(20)15(21)9-12/h5-10H,1-4H3,(H,22,25)(H2,23,24,26). The van der Waals surface area contributed by atoms with E-state index < -0.39 is 11.6 Å². The van der Waals surface area contributed by atoms with E-state index >= 15 is 0 Å². The first kappa shape index (κ1) is 20.9. The molecular formula is C19H21Cl2N3O3. The molecule has 0 unspecified atom stereocenters.